The Kier molecular flexibility index (Phi) is 8.64. The van der Waals surface area contributed by atoms with Crippen molar-refractivity contribution >= 4 is 22.7 Å². The molecule has 0 bridgehead atoms. The number of hydrogen-bond acceptors (Lipinski definition) is 3. The Morgan fingerprint density at radius 3 is 2.50 bits per heavy atom. The number of carbonyl (C=O) groups excluding carboxylic acids is 1. The molecule has 1 amide bonds. The van der Waals surface area contributed by atoms with E-state index < -0.39 is 11.7 Å². The molecular weight excluding hydrogens is 403 g/mol. The van der Waals surface area contributed by atoms with E-state index in [-0.39, 0.29) is 6.42 Å². The van der Waals surface area contributed by atoms with E-state index in [1.54, 1.807) is 0 Å². The highest BCUT2D eigenvalue weighted by Crippen LogP contribution is 2.45. The van der Waals surface area contributed by atoms with Gasteiger partial charge in [0.15, 0.2) is 0 Å². The summed E-state index contributed by atoms with van der Waals surface area (Å²) in [4.78, 5) is 23.0. The number of allylic oxidation sites excluding steroid dienone is 7. The van der Waals surface area contributed by atoms with Gasteiger partial charge in [-0.15, -0.1) is 4.91 Å². The fourth-order valence-electron chi connectivity index (χ4n) is 4.25. The van der Waals surface area contributed by atoms with E-state index >= 15 is 0 Å². The largest absolute Gasteiger partial charge is 0.380 e. The normalized spacial score (nSPS) is 14.3. The van der Waals surface area contributed by atoms with Gasteiger partial charge in [0.05, 0.1) is 6.42 Å². The van der Waals surface area contributed by atoms with Crippen LogP contribution in [0.1, 0.15) is 61.9 Å². The summed E-state index contributed by atoms with van der Waals surface area (Å²) in [7, 11) is 0. The Balaban J connectivity index is 3.01. The first-order valence-corrected chi connectivity index (χ1v) is 11.0. The van der Waals surface area contributed by atoms with Crippen molar-refractivity contribution in [3.63, 3.8) is 0 Å². The van der Waals surface area contributed by atoms with Gasteiger partial charge in [-0.25, -0.2) is 4.39 Å². The van der Waals surface area contributed by atoms with Gasteiger partial charge < -0.3 is 5.32 Å². The molecule has 0 fully saturated rings. The van der Waals surface area contributed by atoms with Crippen LogP contribution in [-0.4, -0.2) is 12.5 Å². The molecule has 1 N–H and O–H groups in total. The number of hydrogen-bond donors (Lipinski definition) is 1. The molecule has 5 heteroatoms. The first kappa shape index (κ1) is 25.2. The van der Waals surface area contributed by atoms with E-state index in [0.717, 1.165) is 51.1 Å². The van der Waals surface area contributed by atoms with E-state index in [9.17, 15) is 14.1 Å². The lowest BCUT2D eigenvalue weighted by Crippen LogP contribution is -2.19. The van der Waals surface area contributed by atoms with Crippen LogP contribution in [0.3, 0.4) is 0 Å². The zero-order chi connectivity index (χ0) is 24.0. The number of anilines is 1. The van der Waals surface area contributed by atoms with E-state index in [0.29, 0.717) is 18.0 Å². The van der Waals surface area contributed by atoms with Gasteiger partial charge in [0.2, 0.25) is 0 Å². The monoisotopic (exact) mass is 436 g/mol. The van der Waals surface area contributed by atoms with Crippen molar-refractivity contribution in [3.8, 4) is 0 Å². The van der Waals surface area contributed by atoms with Crippen LogP contribution in [-0.2, 0) is 11.2 Å². The fraction of sp³-hybridized carbons (Fsp3) is 0.370. The molecule has 0 spiro atoms. The Morgan fingerprint density at radius 1 is 1.28 bits per heavy atom. The summed E-state index contributed by atoms with van der Waals surface area (Å²) in [6.07, 6.45) is 10.7. The molecule has 0 saturated heterocycles. The molecule has 0 saturated carbocycles. The maximum absolute atomic E-state index is 14.8. The van der Waals surface area contributed by atoms with Crippen molar-refractivity contribution in [2.45, 2.75) is 54.4 Å². The van der Waals surface area contributed by atoms with Crippen molar-refractivity contribution in [1.29, 1.82) is 0 Å². The lowest BCUT2D eigenvalue weighted by Gasteiger charge is -2.30. The minimum absolute atomic E-state index is 0.103. The Labute approximate surface area is 190 Å². The van der Waals surface area contributed by atoms with Crippen molar-refractivity contribution in [2.24, 2.45) is 11.1 Å². The van der Waals surface area contributed by atoms with Crippen LogP contribution in [0.5, 0.6) is 0 Å². The number of benzene rings is 1. The third kappa shape index (κ3) is 5.21. The molecule has 1 aromatic rings. The minimum atomic E-state index is -0.728. The van der Waals surface area contributed by atoms with Gasteiger partial charge in [-0.3, -0.25) is 4.79 Å². The van der Waals surface area contributed by atoms with Crippen molar-refractivity contribution in [1.82, 2.24) is 0 Å². The number of nitrogens with one attached hydrogen (secondary N) is 1. The van der Waals surface area contributed by atoms with Crippen molar-refractivity contribution in [3.05, 3.63) is 81.1 Å². The number of halogens is 1. The fourth-order valence-corrected chi connectivity index (χ4v) is 4.25. The zero-order valence-electron chi connectivity index (χ0n) is 19.9. The third-order valence-electron chi connectivity index (χ3n) is 5.60. The predicted molar refractivity (Wildman–Crippen MR) is 133 cm³/mol. The molecule has 1 aromatic carbocycles. The van der Waals surface area contributed by atoms with Gasteiger partial charge >= 0.3 is 0 Å². The lowest BCUT2D eigenvalue weighted by atomic mass is 9.80. The molecule has 170 valence electrons. The second-order valence-electron chi connectivity index (χ2n) is 8.34. The maximum atomic E-state index is 14.8. The molecule has 0 aliphatic carbocycles. The molecule has 2 rings (SSSR count). The Morgan fingerprint density at radius 2 is 1.97 bits per heavy atom. The number of nitroso groups, excluding NO2 is 1. The summed E-state index contributed by atoms with van der Waals surface area (Å²) < 4.78 is 14.8. The van der Waals surface area contributed by atoms with Gasteiger partial charge in [0.25, 0.3) is 5.91 Å². The predicted octanol–water partition coefficient (Wildman–Crippen LogP) is 7.38. The zero-order valence-corrected chi connectivity index (χ0v) is 19.9. The van der Waals surface area contributed by atoms with Gasteiger partial charge in [-0.05, 0) is 66.5 Å². The van der Waals surface area contributed by atoms with Gasteiger partial charge in [-0.1, -0.05) is 57.7 Å². The number of rotatable bonds is 8. The van der Waals surface area contributed by atoms with E-state index in [1.807, 2.05) is 45.9 Å². The van der Waals surface area contributed by atoms with Gasteiger partial charge in [0.1, 0.15) is 5.83 Å². The average molecular weight is 437 g/mol. The first-order valence-electron chi connectivity index (χ1n) is 11.0. The maximum Gasteiger partial charge on any atom is 0.290 e. The molecular formula is C27H33FN2O2. The summed E-state index contributed by atoms with van der Waals surface area (Å²) in [5.74, 6) is -0.889. The van der Waals surface area contributed by atoms with Crippen LogP contribution < -0.4 is 5.32 Å². The van der Waals surface area contributed by atoms with Crippen LogP contribution in [0, 0.1) is 24.7 Å². The average Bonchev–Trinajstić information content (AvgIpc) is 2.74. The van der Waals surface area contributed by atoms with Crippen LogP contribution in [0.4, 0.5) is 10.1 Å². The molecule has 1 aliphatic heterocycles. The number of fused-ring (bicyclic) bond motifs is 1. The Bertz CT molecular complexity index is 1060. The highest BCUT2D eigenvalue weighted by atomic mass is 19.1. The summed E-state index contributed by atoms with van der Waals surface area (Å²) in [6, 6.07) is 0. The molecule has 0 atom stereocenters. The quantitative estimate of drug-likeness (QED) is 0.341. The summed E-state index contributed by atoms with van der Waals surface area (Å²) in [5, 5.41) is 6.02. The minimum Gasteiger partial charge on any atom is -0.380 e. The molecule has 0 radical (unpaired) electrons. The molecule has 1 aliphatic rings. The standard InChI is InChI=1S/C27H33FN2O2/c1-8-10-20(13-12-16(3)4)24-18(6)25-26(19(7)28)21(11-9-2)15-29-27(25)17(5)22(24)14-23(31)30-32/h9-13,16,29H,7-8,14-15H2,1-6H3/b11-9-,13-12-,20-10+. The van der Waals surface area contributed by atoms with Gasteiger partial charge in [-0.2, -0.15) is 0 Å². The molecule has 1 heterocycles. The summed E-state index contributed by atoms with van der Waals surface area (Å²) in [6.45, 7) is 16.0. The van der Waals surface area contributed by atoms with Crippen molar-refractivity contribution in [2.75, 3.05) is 11.9 Å². The van der Waals surface area contributed by atoms with E-state index in [4.69, 9.17) is 0 Å². The summed E-state index contributed by atoms with van der Waals surface area (Å²) >= 11 is 0. The third-order valence-corrected chi connectivity index (χ3v) is 5.60. The van der Waals surface area contributed by atoms with Crippen LogP contribution in [0.2, 0.25) is 0 Å². The SMILES string of the molecule is C=C(F)C1=C(/C=C\C)CNc2c(C)c(CC(=O)N=O)c(C(/C=C\C(C)C)=C/CC)c(C)c21. The first-order chi connectivity index (χ1) is 15.2. The highest BCUT2D eigenvalue weighted by Gasteiger charge is 2.29. The second-order valence-corrected chi connectivity index (χ2v) is 8.34. The molecule has 0 aromatic heterocycles. The molecule has 4 nitrogen and oxygen atoms in total. The molecule has 32 heavy (non-hydrogen) atoms. The summed E-state index contributed by atoms with van der Waals surface area (Å²) in [5.41, 5.74) is 7.01. The van der Waals surface area contributed by atoms with Gasteiger partial charge in [0, 0.05) is 28.5 Å². The van der Waals surface area contributed by atoms with Crippen LogP contribution in [0.25, 0.3) is 11.1 Å². The van der Waals surface area contributed by atoms with Crippen LogP contribution in [0.15, 0.2) is 53.5 Å². The van der Waals surface area contributed by atoms with Crippen molar-refractivity contribution < 1.29 is 9.18 Å². The number of amides is 1. The topological polar surface area (TPSA) is 58.5 Å². The highest BCUT2D eigenvalue weighted by molar-refractivity contribution is 5.97. The second kappa shape index (κ2) is 11.0. The lowest BCUT2D eigenvalue weighted by molar-refractivity contribution is -0.117. The van der Waals surface area contributed by atoms with E-state index in [1.165, 1.54) is 0 Å². The Hall–Kier alpha value is -3.08. The number of carbonyl (C=O) groups is 1. The van der Waals surface area contributed by atoms with E-state index in [2.05, 4.69) is 43.1 Å². The number of nitrogens with zero attached hydrogens (tertiary/aromatic N) is 1. The smallest absolute Gasteiger partial charge is 0.290 e. The van der Waals surface area contributed by atoms with Crippen LogP contribution >= 0.6 is 0 Å². The molecule has 0 unspecified atom stereocenters.